The van der Waals surface area contributed by atoms with Gasteiger partial charge in [-0.1, -0.05) is 24.9 Å². The van der Waals surface area contributed by atoms with Crippen LogP contribution >= 0.6 is 11.6 Å². The maximum Gasteiger partial charge on any atom is 0.255 e. The molecule has 1 fully saturated rings. The van der Waals surface area contributed by atoms with Crippen molar-refractivity contribution in [1.82, 2.24) is 4.98 Å². The van der Waals surface area contributed by atoms with Gasteiger partial charge in [-0.2, -0.15) is 0 Å². The smallest absolute Gasteiger partial charge is 0.255 e. The molecule has 3 rings (SSSR count). The second-order valence-electron chi connectivity index (χ2n) is 7.31. The van der Waals surface area contributed by atoms with E-state index in [1.807, 2.05) is 12.1 Å². The Kier molecular flexibility index (Phi) is 5.70. The molecular formula is C20H27ClN2O2. The first-order valence-electron chi connectivity index (χ1n) is 9.27. The van der Waals surface area contributed by atoms with Crippen LogP contribution in [0.2, 0.25) is 5.02 Å². The minimum atomic E-state index is -0.132. The zero-order chi connectivity index (χ0) is 17.9. The van der Waals surface area contributed by atoms with Gasteiger partial charge in [0.25, 0.3) is 5.56 Å². The molecule has 1 heterocycles. The summed E-state index contributed by atoms with van der Waals surface area (Å²) in [7, 11) is 0. The molecule has 0 amide bonds. The Morgan fingerprint density at radius 3 is 2.72 bits per heavy atom. The van der Waals surface area contributed by atoms with Gasteiger partial charge in [0.05, 0.1) is 11.1 Å². The SMILES string of the molecule is CCC[C@]1(N)CCC[C@@H](Oc2cc3cc[nH]c(=O)c3cc2Cl)CCC1. The molecule has 0 bridgehead atoms. The number of nitrogens with one attached hydrogen (secondary N) is 1. The largest absolute Gasteiger partial charge is 0.489 e. The van der Waals surface area contributed by atoms with Gasteiger partial charge in [-0.25, -0.2) is 0 Å². The van der Waals surface area contributed by atoms with E-state index in [-0.39, 0.29) is 17.2 Å². The van der Waals surface area contributed by atoms with Gasteiger partial charge in [0, 0.05) is 17.1 Å². The van der Waals surface area contributed by atoms with Gasteiger partial charge in [-0.15, -0.1) is 0 Å². The van der Waals surface area contributed by atoms with E-state index in [9.17, 15) is 4.79 Å². The highest BCUT2D eigenvalue weighted by Crippen LogP contribution is 2.33. The van der Waals surface area contributed by atoms with Crippen molar-refractivity contribution in [3.8, 4) is 5.75 Å². The fourth-order valence-corrected chi connectivity index (χ4v) is 4.17. The molecular weight excluding hydrogens is 336 g/mol. The summed E-state index contributed by atoms with van der Waals surface area (Å²) in [6.07, 6.45) is 10.3. The molecule has 5 heteroatoms. The second-order valence-corrected chi connectivity index (χ2v) is 7.72. The molecule has 1 aliphatic carbocycles. The number of hydrogen-bond donors (Lipinski definition) is 2. The third-order valence-electron chi connectivity index (χ3n) is 5.27. The molecule has 4 nitrogen and oxygen atoms in total. The lowest BCUT2D eigenvalue weighted by Crippen LogP contribution is -2.41. The van der Waals surface area contributed by atoms with E-state index < -0.39 is 0 Å². The Hall–Kier alpha value is -1.52. The number of ether oxygens (including phenoxy) is 1. The Morgan fingerprint density at radius 1 is 1.32 bits per heavy atom. The van der Waals surface area contributed by atoms with Crippen molar-refractivity contribution < 1.29 is 4.74 Å². The van der Waals surface area contributed by atoms with Crippen LogP contribution in [0.5, 0.6) is 5.75 Å². The lowest BCUT2D eigenvalue weighted by atomic mass is 9.81. The van der Waals surface area contributed by atoms with Gasteiger partial charge in [0.2, 0.25) is 0 Å². The fourth-order valence-electron chi connectivity index (χ4n) is 3.96. The number of fused-ring (bicyclic) bond motifs is 1. The monoisotopic (exact) mass is 362 g/mol. The first kappa shape index (κ1) is 18.3. The third kappa shape index (κ3) is 4.36. The van der Waals surface area contributed by atoms with Crippen LogP contribution in [0.4, 0.5) is 0 Å². The van der Waals surface area contributed by atoms with Gasteiger partial charge in [0.1, 0.15) is 5.75 Å². The lowest BCUT2D eigenvalue weighted by molar-refractivity contribution is 0.149. The number of halogens is 1. The molecule has 1 saturated carbocycles. The quantitative estimate of drug-likeness (QED) is 0.822. The van der Waals surface area contributed by atoms with Crippen molar-refractivity contribution in [2.75, 3.05) is 0 Å². The van der Waals surface area contributed by atoms with Crippen molar-refractivity contribution in [2.24, 2.45) is 5.73 Å². The summed E-state index contributed by atoms with van der Waals surface area (Å²) in [5.41, 5.74) is 6.41. The molecule has 1 aromatic carbocycles. The Balaban J connectivity index is 1.71. The van der Waals surface area contributed by atoms with E-state index in [1.54, 1.807) is 12.3 Å². The van der Waals surface area contributed by atoms with Crippen molar-refractivity contribution in [3.05, 3.63) is 39.8 Å². The summed E-state index contributed by atoms with van der Waals surface area (Å²) in [4.78, 5) is 14.5. The van der Waals surface area contributed by atoms with E-state index >= 15 is 0 Å². The van der Waals surface area contributed by atoms with Crippen LogP contribution in [0, 0.1) is 0 Å². The van der Waals surface area contributed by atoms with E-state index in [1.165, 1.54) is 0 Å². The summed E-state index contributed by atoms with van der Waals surface area (Å²) < 4.78 is 6.21. The number of H-pyrrole nitrogens is 1. The molecule has 3 N–H and O–H groups in total. The normalized spacial score (nSPS) is 24.7. The highest BCUT2D eigenvalue weighted by Gasteiger charge is 2.27. The van der Waals surface area contributed by atoms with Crippen LogP contribution < -0.4 is 16.0 Å². The fraction of sp³-hybridized carbons (Fsp3) is 0.550. The van der Waals surface area contributed by atoms with Crippen LogP contribution in [0.25, 0.3) is 10.8 Å². The zero-order valence-corrected chi connectivity index (χ0v) is 15.6. The first-order valence-corrected chi connectivity index (χ1v) is 9.65. The van der Waals surface area contributed by atoms with Crippen LogP contribution in [0.15, 0.2) is 29.2 Å². The standard InChI is InChI=1S/C20H27ClN2O2/c1-2-8-20(22)9-3-5-15(6-4-10-20)25-18-12-14-7-11-23-19(24)16(14)13-17(18)21/h7,11-13,15H,2-6,8-10,22H2,1H3,(H,23,24)/t15-,20+. The Labute approximate surface area is 153 Å². The summed E-state index contributed by atoms with van der Waals surface area (Å²) in [5, 5.41) is 1.92. The molecule has 0 aliphatic heterocycles. The van der Waals surface area contributed by atoms with Crippen LogP contribution in [0.3, 0.4) is 0 Å². The molecule has 136 valence electrons. The summed E-state index contributed by atoms with van der Waals surface area (Å²) in [6.45, 7) is 2.20. The van der Waals surface area contributed by atoms with Gasteiger partial charge in [-0.05, 0) is 68.5 Å². The zero-order valence-electron chi connectivity index (χ0n) is 14.8. The predicted octanol–water partition coefficient (Wildman–Crippen LogP) is 4.78. The number of pyridine rings is 1. The number of aromatic amines is 1. The molecule has 25 heavy (non-hydrogen) atoms. The van der Waals surface area contributed by atoms with Crippen molar-refractivity contribution in [2.45, 2.75) is 69.9 Å². The van der Waals surface area contributed by atoms with Crippen molar-refractivity contribution in [3.63, 3.8) is 0 Å². The Morgan fingerprint density at radius 2 is 2.04 bits per heavy atom. The average molecular weight is 363 g/mol. The van der Waals surface area contributed by atoms with Gasteiger partial charge < -0.3 is 15.5 Å². The van der Waals surface area contributed by atoms with Crippen LogP contribution in [-0.4, -0.2) is 16.6 Å². The topological polar surface area (TPSA) is 68.1 Å². The maximum atomic E-state index is 11.9. The third-order valence-corrected chi connectivity index (χ3v) is 5.56. The van der Waals surface area contributed by atoms with E-state index in [0.717, 1.165) is 56.8 Å². The lowest BCUT2D eigenvalue weighted by Gasteiger charge is -2.33. The average Bonchev–Trinajstić information content (AvgIpc) is 2.55. The number of benzene rings is 1. The molecule has 0 saturated heterocycles. The van der Waals surface area contributed by atoms with Crippen molar-refractivity contribution in [1.29, 1.82) is 0 Å². The maximum absolute atomic E-state index is 11.9. The van der Waals surface area contributed by atoms with E-state index in [0.29, 0.717) is 16.2 Å². The Bertz CT molecular complexity index is 777. The summed E-state index contributed by atoms with van der Waals surface area (Å²) >= 11 is 6.36. The van der Waals surface area contributed by atoms with Crippen molar-refractivity contribution >= 4 is 22.4 Å². The van der Waals surface area contributed by atoms with Gasteiger partial charge in [0.15, 0.2) is 0 Å². The van der Waals surface area contributed by atoms with Crippen LogP contribution in [-0.2, 0) is 0 Å². The first-order chi connectivity index (χ1) is 12.0. The number of nitrogens with two attached hydrogens (primary N) is 1. The van der Waals surface area contributed by atoms with E-state index in [2.05, 4.69) is 11.9 Å². The molecule has 0 atom stereocenters. The molecule has 0 radical (unpaired) electrons. The van der Waals surface area contributed by atoms with Gasteiger partial charge in [-0.3, -0.25) is 4.79 Å². The predicted molar refractivity (Wildman–Crippen MR) is 104 cm³/mol. The minimum absolute atomic E-state index is 0.00133. The molecule has 0 unspecified atom stereocenters. The second kappa shape index (κ2) is 7.79. The number of aromatic nitrogens is 1. The molecule has 1 aromatic heterocycles. The van der Waals surface area contributed by atoms with Gasteiger partial charge >= 0.3 is 0 Å². The summed E-state index contributed by atoms with van der Waals surface area (Å²) in [6, 6.07) is 5.43. The molecule has 1 aliphatic rings. The molecule has 0 spiro atoms. The summed E-state index contributed by atoms with van der Waals surface area (Å²) in [5.74, 6) is 0.665. The highest BCUT2D eigenvalue weighted by molar-refractivity contribution is 6.32. The highest BCUT2D eigenvalue weighted by atomic mass is 35.5. The number of rotatable bonds is 4. The van der Waals surface area contributed by atoms with Crippen LogP contribution in [0.1, 0.15) is 58.3 Å². The minimum Gasteiger partial charge on any atom is -0.489 e. The van der Waals surface area contributed by atoms with E-state index in [4.69, 9.17) is 22.1 Å². The molecule has 2 aromatic rings. The number of hydrogen-bond acceptors (Lipinski definition) is 3.